The zero-order chi connectivity index (χ0) is 18.1. The van der Waals surface area contributed by atoms with Gasteiger partial charge in [-0.05, 0) is 55.2 Å². The van der Waals surface area contributed by atoms with Gasteiger partial charge in [0.25, 0.3) is 5.70 Å². The number of ether oxygens (including phenoxy) is 1. The molecule has 25 heavy (non-hydrogen) atoms. The predicted molar refractivity (Wildman–Crippen MR) is 102 cm³/mol. The van der Waals surface area contributed by atoms with E-state index < -0.39 is 0 Å². The predicted octanol–water partition coefficient (Wildman–Crippen LogP) is 4.94. The molecule has 0 radical (unpaired) electrons. The maximum Gasteiger partial charge on any atom is 0.265 e. The van der Waals surface area contributed by atoms with E-state index in [0.29, 0.717) is 18.8 Å². The molecule has 0 aliphatic carbocycles. The molecule has 128 valence electrons. The molecule has 0 unspecified atom stereocenters. The minimum absolute atomic E-state index is 0.147. The summed E-state index contributed by atoms with van der Waals surface area (Å²) in [6.07, 6.45) is 7.38. The summed E-state index contributed by atoms with van der Waals surface area (Å²) >= 11 is 0. The van der Waals surface area contributed by atoms with Crippen molar-refractivity contribution in [2.24, 2.45) is 0 Å². The molecular formula is C21H23N3O. The van der Waals surface area contributed by atoms with Crippen molar-refractivity contribution < 1.29 is 4.74 Å². The summed E-state index contributed by atoms with van der Waals surface area (Å²) in [4.78, 5) is 5.62. The van der Waals surface area contributed by atoms with Gasteiger partial charge in [0, 0.05) is 18.8 Å². The van der Waals surface area contributed by atoms with E-state index in [2.05, 4.69) is 47.9 Å². The van der Waals surface area contributed by atoms with Crippen molar-refractivity contribution in [3.63, 3.8) is 0 Å². The van der Waals surface area contributed by atoms with Gasteiger partial charge in [0.15, 0.2) is 0 Å². The molecule has 4 heteroatoms. The number of hydrogen-bond acceptors (Lipinski definition) is 3. The number of benzene rings is 1. The normalized spacial score (nSPS) is 15.8. The molecular weight excluding hydrogens is 310 g/mol. The third kappa shape index (κ3) is 4.99. The number of anilines is 1. The lowest BCUT2D eigenvalue weighted by Crippen LogP contribution is -2.23. The maximum absolute atomic E-state index is 8.99. The molecule has 1 aliphatic rings. The van der Waals surface area contributed by atoms with Crippen LogP contribution in [0.4, 0.5) is 5.69 Å². The van der Waals surface area contributed by atoms with Crippen LogP contribution in [0.1, 0.15) is 32.3 Å². The average Bonchev–Trinajstić information content (AvgIpc) is 2.66. The second kappa shape index (κ2) is 9.35. The molecule has 2 rings (SSSR count). The van der Waals surface area contributed by atoms with Gasteiger partial charge in [-0.3, -0.25) is 0 Å². The van der Waals surface area contributed by atoms with Gasteiger partial charge in [0.1, 0.15) is 5.76 Å². The van der Waals surface area contributed by atoms with Crippen LogP contribution in [-0.2, 0) is 4.74 Å². The smallest absolute Gasteiger partial charge is 0.265 e. The Morgan fingerprint density at radius 1 is 1.32 bits per heavy atom. The lowest BCUT2D eigenvalue weighted by Gasteiger charge is -2.22. The van der Waals surface area contributed by atoms with Crippen LogP contribution in [-0.4, -0.2) is 19.7 Å². The van der Waals surface area contributed by atoms with Crippen LogP contribution >= 0.6 is 0 Å². The highest BCUT2D eigenvalue weighted by atomic mass is 16.5. The number of rotatable bonds is 6. The lowest BCUT2D eigenvalue weighted by atomic mass is 10.1. The third-order valence-electron chi connectivity index (χ3n) is 4.05. The van der Waals surface area contributed by atoms with Gasteiger partial charge in [-0.1, -0.05) is 25.1 Å². The second-order valence-electron chi connectivity index (χ2n) is 5.75. The van der Waals surface area contributed by atoms with Crippen LogP contribution in [0.15, 0.2) is 53.4 Å². The van der Waals surface area contributed by atoms with Gasteiger partial charge in [0.05, 0.1) is 19.2 Å². The SMILES string of the molecule is [C-]#[N+]/C(C#N)=C1C=C(/C=C/c2ccc(N(CC)CCC)cc2)OCC\1. The van der Waals surface area contributed by atoms with E-state index in [0.717, 1.165) is 30.6 Å². The summed E-state index contributed by atoms with van der Waals surface area (Å²) in [7, 11) is 0. The van der Waals surface area contributed by atoms with E-state index in [1.165, 1.54) is 5.69 Å². The molecule has 0 saturated carbocycles. The fourth-order valence-electron chi connectivity index (χ4n) is 2.73. The van der Waals surface area contributed by atoms with Crippen molar-refractivity contribution in [3.8, 4) is 6.07 Å². The topological polar surface area (TPSA) is 40.6 Å². The maximum atomic E-state index is 8.99. The Hall–Kier alpha value is -2.98. The Morgan fingerprint density at radius 2 is 2.08 bits per heavy atom. The van der Waals surface area contributed by atoms with Crippen molar-refractivity contribution >= 4 is 11.8 Å². The molecule has 0 saturated heterocycles. The highest BCUT2D eigenvalue weighted by Gasteiger charge is 2.11. The van der Waals surface area contributed by atoms with E-state index >= 15 is 0 Å². The Balaban J connectivity index is 2.13. The minimum atomic E-state index is 0.147. The largest absolute Gasteiger partial charge is 0.493 e. The molecule has 0 amide bonds. The summed E-state index contributed by atoms with van der Waals surface area (Å²) in [5.74, 6) is 0.683. The van der Waals surface area contributed by atoms with E-state index in [1.807, 2.05) is 18.2 Å². The molecule has 0 spiro atoms. The summed E-state index contributed by atoms with van der Waals surface area (Å²) in [5.41, 5.74) is 3.21. The quantitative estimate of drug-likeness (QED) is 0.547. The molecule has 1 aromatic rings. The number of hydrogen-bond donors (Lipinski definition) is 0. The first-order valence-corrected chi connectivity index (χ1v) is 8.60. The molecule has 0 N–H and O–H groups in total. The highest BCUT2D eigenvalue weighted by molar-refractivity contribution is 5.58. The fraction of sp³-hybridized carbons (Fsp3) is 0.333. The van der Waals surface area contributed by atoms with Crippen LogP contribution < -0.4 is 4.90 Å². The van der Waals surface area contributed by atoms with Crippen LogP contribution in [0.5, 0.6) is 0 Å². The average molecular weight is 333 g/mol. The Kier molecular flexibility index (Phi) is 6.87. The van der Waals surface area contributed by atoms with E-state index in [1.54, 1.807) is 6.08 Å². The molecule has 0 atom stereocenters. The molecule has 1 heterocycles. The highest BCUT2D eigenvalue weighted by Crippen LogP contribution is 2.22. The van der Waals surface area contributed by atoms with Crippen LogP contribution in [0, 0.1) is 17.9 Å². The second-order valence-corrected chi connectivity index (χ2v) is 5.75. The zero-order valence-electron chi connectivity index (χ0n) is 14.8. The standard InChI is InChI=1S/C21H23N3O/c1-4-13-24(5-2)19-9-6-17(7-10-19)8-11-20-15-18(12-14-25-20)21(16-22)23-3/h6-11,15H,4-5,12-14H2,1-2H3/b11-8+,21-18-. The number of nitriles is 1. The van der Waals surface area contributed by atoms with Gasteiger partial charge in [-0.25, -0.2) is 10.1 Å². The molecule has 0 bridgehead atoms. The summed E-state index contributed by atoms with van der Waals surface area (Å²) < 4.78 is 5.60. The first-order chi connectivity index (χ1) is 12.2. The Morgan fingerprint density at radius 3 is 2.68 bits per heavy atom. The molecule has 4 nitrogen and oxygen atoms in total. The van der Waals surface area contributed by atoms with Crippen molar-refractivity contribution in [3.05, 3.63) is 70.4 Å². The third-order valence-corrected chi connectivity index (χ3v) is 4.05. The minimum Gasteiger partial charge on any atom is -0.493 e. The van der Waals surface area contributed by atoms with E-state index in [4.69, 9.17) is 16.6 Å². The first-order valence-electron chi connectivity index (χ1n) is 8.60. The summed E-state index contributed by atoms with van der Waals surface area (Å²) in [6, 6.07) is 10.4. The van der Waals surface area contributed by atoms with Crippen LogP contribution in [0.3, 0.4) is 0 Å². The Bertz CT molecular complexity index is 742. The molecule has 0 fully saturated rings. The summed E-state index contributed by atoms with van der Waals surface area (Å²) in [6.45, 7) is 14.0. The van der Waals surface area contributed by atoms with Crippen LogP contribution in [0.2, 0.25) is 0 Å². The van der Waals surface area contributed by atoms with Crippen molar-refractivity contribution in [2.75, 3.05) is 24.6 Å². The van der Waals surface area contributed by atoms with Gasteiger partial charge in [-0.15, -0.1) is 0 Å². The monoisotopic (exact) mass is 333 g/mol. The fourth-order valence-corrected chi connectivity index (χ4v) is 2.73. The van der Waals surface area contributed by atoms with Gasteiger partial charge >= 0.3 is 0 Å². The van der Waals surface area contributed by atoms with Crippen molar-refractivity contribution in [1.29, 1.82) is 5.26 Å². The first kappa shape index (κ1) is 18.4. The molecule has 1 aliphatic heterocycles. The van der Waals surface area contributed by atoms with Crippen molar-refractivity contribution in [1.82, 2.24) is 0 Å². The van der Waals surface area contributed by atoms with E-state index in [9.17, 15) is 0 Å². The number of allylic oxidation sites excluding steroid dienone is 3. The summed E-state index contributed by atoms with van der Waals surface area (Å²) in [5, 5.41) is 8.99. The van der Waals surface area contributed by atoms with Crippen LogP contribution in [0.25, 0.3) is 10.9 Å². The van der Waals surface area contributed by atoms with Crippen molar-refractivity contribution in [2.45, 2.75) is 26.7 Å². The van der Waals surface area contributed by atoms with Gasteiger partial charge in [0.2, 0.25) is 0 Å². The molecule has 1 aromatic carbocycles. The lowest BCUT2D eigenvalue weighted by molar-refractivity contribution is 0.219. The molecule has 0 aromatic heterocycles. The van der Waals surface area contributed by atoms with Gasteiger partial charge < -0.3 is 9.64 Å². The Labute approximate surface area is 150 Å². The van der Waals surface area contributed by atoms with Gasteiger partial charge in [-0.2, -0.15) is 0 Å². The number of nitrogens with zero attached hydrogens (tertiary/aromatic N) is 3. The van der Waals surface area contributed by atoms with E-state index in [-0.39, 0.29) is 5.70 Å². The zero-order valence-corrected chi connectivity index (χ0v) is 14.8.